The number of nitrogens with zero attached hydrogens (tertiary/aromatic N) is 2. The quantitative estimate of drug-likeness (QED) is 0.895. The van der Waals surface area contributed by atoms with Gasteiger partial charge >= 0.3 is 0 Å². The second kappa shape index (κ2) is 5.02. The van der Waals surface area contributed by atoms with Gasteiger partial charge in [-0.15, -0.1) is 0 Å². The van der Waals surface area contributed by atoms with E-state index >= 15 is 0 Å². The minimum atomic E-state index is 0.493. The van der Waals surface area contributed by atoms with Gasteiger partial charge in [0.05, 0.1) is 17.6 Å². The lowest BCUT2D eigenvalue weighted by Gasteiger charge is -2.34. The number of hydrogen-bond acceptors (Lipinski definition) is 3. The maximum absolute atomic E-state index is 5.60. The third-order valence-electron chi connectivity index (χ3n) is 3.67. The van der Waals surface area contributed by atoms with Crippen LogP contribution in [0, 0.1) is 5.92 Å². The van der Waals surface area contributed by atoms with E-state index in [9.17, 15) is 0 Å². The molecule has 3 rings (SSSR count). The van der Waals surface area contributed by atoms with E-state index < -0.39 is 0 Å². The van der Waals surface area contributed by atoms with Gasteiger partial charge in [-0.1, -0.05) is 25.1 Å². The summed E-state index contributed by atoms with van der Waals surface area (Å²) in [6.45, 7) is 3.83. The molecule has 2 heterocycles. The van der Waals surface area contributed by atoms with E-state index in [4.69, 9.17) is 5.73 Å². The Morgan fingerprint density at radius 1 is 1.26 bits per heavy atom. The topological polar surface area (TPSA) is 42.1 Å². The van der Waals surface area contributed by atoms with Gasteiger partial charge in [0.1, 0.15) is 0 Å². The summed E-state index contributed by atoms with van der Waals surface area (Å²) in [5, 5.41) is 0. The van der Waals surface area contributed by atoms with Gasteiger partial charge < -0.3 is 10.6 Å². The average Bonchev–Trinajstić information content (AvgIpc) is 2.46. The Labute approximate surface area is 114 Å². The van der Waals surface area contributed by atoms with Crippen molar-refractivity contribution in [3.05, 3.63) is 53.9 Å². The first kappa shape index (κ1) is 12.2. The van der Waals surface area contributed by atoms with Gasteiger partial charge in [0.2, 0.25) is 0 Å². The van der Waals surface area contributed by atoms with Gasteiger partial charge in [-0.2, -0.15) is 0 Å². The SMILES string of the molecule is CC1Cc2ccccc2N(c2ccc(CN)nc2)C1. The third-order valence-corrected chi connectivity index (χ3v) is 3.67. The average molecular weight is 253 g/mol. The second-order valence-electron chi connectivity index (χ2n) is 5.26. The summed E-state index contributed by atoms with van der Waals surface area (Å²) in [7, 11) is 0. The van der Waals surface area contributed by atoms with Gasteiger partial charge in [0, 0.05) is 18.8 Å². The van der Waals surface area contributed by atoms with Crippen molar-refractivity contribution in [2.45, 2.75) is 19.9 Å². The van der Waals surface area contributed by atoms with Crippen LogP contribution in [0.4, 0.5) is 11.4 Å². The minimum absolute atomic E-state index is 0.493. The normalized spacial score (nSPS) is 18.2. The summed E-state index contributed by atoms with van der Waals surface area (Å²) in [6.07, 6.45) is 3.08. The third kappa shape index (κ3) is 2.34. The van der Waals surface area contributed by atoms with Gasteiger partial charge in [0.25, 0.3) is 0 Å². The van der Waals surface area contributed by atoms with Crippen LogP contribution in [0.2, 0.25) is 0 Å². The molecule has 0 saturated carbocycles. The van der Waals surface area contributed by atoms with Gasteiger partial charge in [-0.25, -0.2) is 0 Å². The number of anilines is 2. The van der Waals surface area contributed by atoms with Crippen LogP contribution in [-0.4, -0.2) is 11.5 Å². The van der Waals surface area contributed by atoms with E-state index in [0.29, 0.717) is 12.5 Å². The molecule has 0 saturated heterocycles. The van der Waals surface area contributed by atoms with Crippen LogP contribution < -0.4 is 10.6 Å². The molecule has 0 bridgehead atoms. The fourth-order valence-electron chi connectivity index (χ4n) is 2.74. The van der Waals surface area contributed by atoms with Crippen molar-refractivity contribution in [2.75, 3.05) is 11.4 Å². The molecular weight excluding hydrogens is 234 g/mol. The first-order chi connectivity index (χ1) is 9.28. The number of aromatic nitrogens is 1. The minimum Gasteiger partial charge on any atom is -0.340 e. The highest BCUT2D eigenvalue weighted by Crippen LogP contribution is 2.34. The van der Waals surface area contributed by atoms with Crippen LogP contribution in [0.1, 0.15) is 18.2 Å². The summed E-state index contributed by atoms with van der Waals surface area (Å²) in [6, 6.07) is 12.8. The van der Waals surface area contributed by atoms with Crippen LogP contribution in [0.25, 0.3) is 0 Å². The molecule has 1 aliphatic rings. The molecule has 19 heavy (non-hydrogen) atoms. The fourth-order valence-corrected chi connectivity index (χ4v) is 2.74. The number of pyridine rings is 1. The van der Waals surface area contributed by atoms with Crippen LogP contribution in [0.15, 0.2) is 42.6 Å². The number of fused-ring (bicyclic) bond motifs is 1. The van der Waals surface area contributed by atoms with Crippen LogP contribution in [-0.2, 0) is 13.0 Å². The van der Waals surface area contributed by atoms with E-state index in [1.165, 1.54) is 11.3 Å². The van der Waals surface area contributed by atoms with E-state index in [0.717, 1.165) is 24.3 Å². The molecule has 1 aromatic carbocycles. The zero-order valence-corrected chi connectivity index (χ0v) is 11.2. The predicted octanol–water partition coefficient (Wildman–Crippen LogP) is 2.87. The molecule has 2 N–H and O–H groups in total. The van der Waals surface area contributed by atoms with Crippen LogP contribution in [0.3, 0.4) is 0 Å². The van der Waals surface area contributed by atoms with E-state index in [2.05, 4.69) is 47.1 Å². The maximum Gasteiger partial charge on any atom is 0.0597 e. The first-order valence-corrected chi connectivity index (χ1v) is 6.78. The van der Waals surface area contributed by atoms with Crippen molar-refractivity contribution < 1.29 is 0 Å². The molecule has 98 valence electrons. The van der Waals surface area contributed by atoms with E-state index in [-0.39, 0.29) is 0 Å². The smallest absolute Gasteiger partial charge is 0.0597 e. The molecule has 1 aliphatic heterocycles. The van der Waals surface area contributed by atoms with Crippen molar-refractivity contribution in [3.8, 4) is 0 Å². The lowest BCUT2D eigenvalue weighted by molar-refractivity contribution is 0.562. The van der Waals surface area contributed by atoms with Gasteiger partial charge in [0.15, 0.2) is 0 Å². The van der Waals surface area contributed by atoms with Crippen molar-refractivity contribution in [1.82, 2.24) is 4.98 Å². The van der Waals surface area contributed by atoms with Crippen molar-refractivity contribution in [1.29, 1.82) is 0 Å². The molecule has 0 radical (unpaired) electrons. The Kier molecular flexibility index (Phi) is 3.22. The molecule has 1 aromatic heterocycles. The molecule has 0 aliphatic carbocycles. The molecular formula is C16H19N3. The zero-order valence-electron chi connectivity index (χ0n) is 11.2. The molecule has 0 fully saturated rings. The zero-order chi connectivity index (χ0) is 13.2. The predicted molar refractivity (Wildman–Crippen MR) is 78.4 cm³/mol. The first-order valence-electron chi connectivity index (χ1n) is 6.78. The number of benzene rings is 1. The Balaban J connectivity index is 1.99. The number of para-hydroxylation sites is 1. The lowest BCUT2D eigenvalue weighted by atomic mass is 9.93. The fraction of sp³-hybridized carbons (Fsp3) is 0.312. The number of nitrogens with two attached hydrogens (primary N) is 1. The van der Waals surface area contributed by atoms with E-state index in [1.54, 1.807) is 0 Å². The molecule has 1 unspecified atom stereocenters. The number of rotatable bonds is 2. The van der Waals surface area contributed by atoms with E-state index in [1.807, 2.05) is 12.3 Å². The summed E-state index contributed by atoms with van der Waals surface area (Å²) < 4.78 is 0. The van der Waals surface area contributed by atoms with Crippen molar-refractivity contribution in [2.24, 2.45) is 11.7 Å². The molecule has 0 amide bonds. The van der Waals surface area contributed by atoms with Crippen molar-refractivity contribution >= 4 is 11.4 Å². The molecule has 0 spiro atoms. The summed E-state index contributed by atoms with van der Waals surface area (Å²) in [5.41, 5.74) is 10.4. The Morgan fingerprint density at radius 2 is 2.11 bits per heavy atom. The van der Waals surface area contributed by atoms with Crippen LogP contribution >= 0.6 is 0 Å². The molecule has 2 aromatic rings. The Bertz CT molecular complexity index is 562. The summed E-state index contributed by atoms with van der Waals surface area (Å²) in [4.78, 5) is 6.76. The largest absolute Gasteiger partial charge is 0.340 e. The second-order valence-corrected chi connectivity index (χ2v) is 5.26. The number of hydrogen-bond donors (Lipinski definition) is 1. The van der Waals surface area contributed by atoms with Crippen molar-refractivity contribution in [3.63, 3.8) is 0 Å². The van der Waals surface area contributed by atoms with Gasteiger partial charge in [-0.3, -0.25) is 4.98 Å². The highest BCUT2D eigenvalue weighted by atomic mass is 15.2. The van der Waals surface area contributed by atoms with Crippen LogP contribution in [0.5, 0.6) is 0 Å². The van der Waals surface area contributed by atoms with Gasteiger partial charge in [-0.05, 0) is 36.1 Å². The Hall–Kier alpha value is -1.87. The standard InChI is InChI=1S/C16H19N3/c1-12-8-13-4-2-3-5-16(13)19(11-12)15-7-6-14(9-17)18-10-15/h2-7,10,12H,8-9,11,17H2,1H3. The maximum atomic E-state index is 5.60. The molecule has 3 nitrogen and oxygen atoms in total. The molecule has 3 heteroatoms. The Morgan fingerprint density at radius 3 is 2.84 bits per heavy atom. The summed E-state index contributed by atoms with van der Waals surface area (Å²) in [5.74, 6) is 0.657. The monoisotopic (exact) mass is 253 g/mol. The summed E-state index contributed by atoms with van der Waals surface area (Å²) >= 11 is 0. The highest BCUT2D eigenvalue weighted by molar-refractivity contribution is 5.67. The highest BCUT2D eigenvalue weighted by Gasteiger charge is 2.22. The molecule has 1 atom stereocenters. The lowest BCUT2D eigenvalue weighted by Crippen LogP contribution is -2.30.